The van der Waals surface area contributed by atoms with Gasteiger partial charge in [0.25, 0.3) is 5.56 Å². The summed E-state index contributed by atoms with van der Waals surface area (Å²) in [4.78, 5) is 11.7. The number of halogens is 2. The predicted octanol–water partition coefficient (Wildman–Crippen LogP) is 1.54. The Labute approximate surface area is 102 Å². The van der Waals surface area contributed by atoms with E-state index in [0.29, 0.717) is 15.5 Å². The number of aromatic nitrogens is 4. The zero-order valence-electron chi connectivity index (χ0n) is 7.44. The van der Waals surface area contributed by atoms with Gasteiger partial charge in [-0.05, 0) is 31.9 Å². The SMILES string of the molecule is O=c1c(Br)c(Br)cnn1Cc1cn[nH]c1. The molecule has 0 bridgehead atoms. The van der Waals surface area contributed by atoms with Gasteiger partial charge in [0, 0.05) is 11.8 Å². The van der Waals surface area contributed by atoms with Crippen molar-refractivity contribution < 1.29 is 0 Å². The molecule has 0 saturated heterocycles. The summed E-state index contributed by atoms with van der Waals surface area (Å²) < 4.78 is 2.48. The highest BCUT2D eigenvalue weighted by molar-refractivity contribution is 9.13. The number of aromatic amines is 1. The van der Waals surface area contributed by atoms with Crippen LogP contribution in [-0.4, -0.2) is 20.0 Å². The molecule has 0 fully saturated rings. The first-order valence-electron chi connectivity index (χ1n) is 4.07. The van der Waals surface area contributed by atoms with Gasteiger partial charge >= 0.3 is 0 Å². The van der Waals surface area contributed by atoms with E-state index in [0.717, 1.165) is 5.56 Å². The van der Waals surface area contributed by atoms with Crippen molar-refractivity contribution in [1.82, 2.24) is 20.0 Å². The van der Waals surface area contributed by atoms with Gasteiger partial charge in [0.1, 0.15) is 4.47 Å². The van der Waals surface area contributed by atoms with E-state index in [1.165, 1.54) is 4.68 Å². The van der Waals surface area contributed by atoms with E-state index < -0.39 is 0 Å². The quantitative estimate of drug-likeness (QED) is 0.906. The molecule has 7 heteroatoms. The highest BCUT2D eigenvalue weighted by Gasteiger charge is 2.07. The summed E-state index contributed by atoms with van der Waals surface area (Å²) in [6.45, 7) is 0.404. The molecule has 2 aromatic rings. The van der Waals surface area contributed by atoms with Crippen LogP contribution in [0.1, 0.15) is 5.56 Å². The first kappa shape index (κ1) is 10.6. The number of nitrogens with zero attached hydrogens (tertiary/aromatic N) is 3. The zero-order chi connectivity index (χ0) is 10.8. The third-order valence-electron chi connectivity index (χ3n) is 1.83. The van der Waals surface area contributed by atoms with Crippen LogP contribution in [0.5, 0.6) is 0 Å². The van der Waals surface area contributed by atoms with Crippen LogP contribution >= 0.6 is 31.9 Å². The van der Waals surface area contributed by atoms with Crippen molar-refractivity contribution in [2.45, 2.75) is 6.54 Å². The van der Waals surface area contributed by atoms with Gasteiger partial charge in [-0.3, -0.25) is 9.89 Å². The van der Waals surface area contributed by atoms with Crippen LogP contribution in [-0.2, 0) is 6.54 Å². The van der Waals surface area contributed by atoms with Crippen LogP contribution in [0.15, 0.2) is 32.3 Å². The summed E-state index contributed by atoms with van der Waals surface area (Å²) in [7, 11) is 0. The van der Waals surface area contributed by atoms with Gasteiger partial charge in [-0.1, -0.05) is 0 Å². The third kappa shape index (κ3) is 2.18. The van der Waals surface area contributed by atoms with Crippen molar-refractivity contribution in [1.29, 1.82) is 0 Å². The molecule has 0 aliphatic rings. The Morgan fingerprint density at radius 3 is 2.87 bits per heavy atom. The standard InChI is InChI=1S/C8H6Br2N4O/c9-6-3-13-14(8(15)7(6)10)4-5-1-11-12-2-5/h1-3H,4H2,(H,11,12). The molecular formula is C8H6Br2N4O. The Balaban J connectivity index is 2.38. The molecule has 2 aromatic heterocycles. The lowest BCUT2D eigenvalue weighted by molar-refractivity contribution is 0.633. The second-order valence-electron chi connectivity index (χ2n) is 2.88. The molecule has 0 radical (unpaired) electrons. The van der Waals surface area contributed by atoms with Gasteiger partial charge in [-0.2, -0.15) is 10.2 Å². The summed E-state index contributed by atoms with van der Waals surface area (Å²) >= 11 is 6.41. The van der Waals surface area contributed by atoms with Crippen LogP contribution in [0.3, 0.4) is 0 Å². The number of hydrogen-bond donors (Lipinski definition) is 1. The van der Waals surface area contributed by atoms with E-state index in [2.05, 4.69) is 47.2 Å². The van der Waals surface area contributed by atoms with Crippen molar-refractivity contribution in [3.63, 3.8) is 0 Å². The second-order valence-corrected chi connectivity index (χ2v) is 4.52. The lowest BCUT2D eigenvalue weighted by Crippen LogP contribution is -2.23. The third-order valence-corrected chi connectivity index (χ3v) is 3.73. The molecular weight excluding hydrogens is 328 g/mol. The fraction of sp³-hybridized carbons (Fsp3) is 0.125. The molecule has 1 N–H and O–H groups in total. The maximum Gasteiger partial charge on any atom is 0.282 e. The Kier molecular flexibility index (Phi) is 3.01. The Morgan fingerprint density at radius 2 is 2.20 bits per heavy atom. The van der Waals surface area contributed by atoms with Crippen molar-refractivity contribution in [2.24, 2.45) is 0 Å². The summed E-state index contributed by atoms with van der Waals surface area (Å²) in [5.74, 6) is 0. The number of hydrogen-bond acceptors (Lipinski definition) is 3. The zero-order valence-corrected chi connectivity index (χ0v) is 10.6. The maximum atomic E-state index is 11.7. The van der Waals surface area contributed by atoms with Crippen LogP contribution in [0.2, 0.25) is 0 Å². The normalized spacial score (nSPS) is 10.5. The van der Waals surface area contributed by atoms with E-state index in [4.69, 9.17) is 0 Å². The first-order valence-corrected chi connectivity index (χ1v) is 5.66. The molecule has 2 rings (SSSR count). The van der Waals surface area contributed by atoms with Crippen molar-refractivity contribution in [3.05, 3.63) is 43.5 Å². The molecule has 0 unspecified atom stereocenters. The largest absolute Gasteiger partial charge is 0.285 e. The molecule has 0 aromatic carbocycles. The van der Waals surface area contributed by atoms with Gasteiger partial charge in [0.2, 0.25) is 0 Å². The second kappa shape index (κ2) is 4.28. The molecule has 15 heavy (non-hydrogen) atoms. The predicted molar refractivity (Wildman–Crippen MR) is 61.6 cm³/mol. The number of nitrogens with one attached hydrogen (secondary N) is 1. The highest BCUT2D eigenvalue weighted by Crippen LogP contribution is 2.16. The van der Waals surface area contributed by atoms with Crippen molar-refractivity contribution >= 4 is 31.9 Å². The average Bonchev–Trinajstić information content (AvgIpc) is 2.72. The summed E-state index contributed by atoms with van der Waals surface area (Å²) in [5, 5.41) is 10.5. The van der Waals surface area contributed by atoms with Gasteiger partial charge in [0.15, 0.2) is 0 Å². The lowest BCUT2D eigenvalue weighted by atomic mass is 10.4. The summed E-state index contributed by atoms with van der Waals surface area (Å²) in [6.07, 6.45) is 4.96. The van der Waals surface area contributed by atoms with Crippen LogP contribution in [0.25, 0.3) is 0 Å². The van der Waals surface area contributed by atoms with Gasteiger partial charge in [-0.15, -0.1) is 0 Å². The Bertz CT molecular complexity index is 520. The molecule has 78 valence electrons. The first-order chi connectivity index (χ1) is 7.18. The maximum absolute atomic E-state index is 11.7. The molecule has 0 aliphatic carbocycles. The van der Waals surface area contributed by atoms with E-state index in [9.17, 15) is 4.79 Å². The molecule has 0 spiro atoms. The Hall–Kier alpha value is -0.950. The average molecular weight is 334 g/mol. The summed E-state index contributed by atoms with van der Waals surface area (Å²) in [6, 6.07) is 0. The van der Waals surface area contributed by atoms with Crippen molar-refractivity contribution in [3.8, 4) is 0 Å². The molecule has 0 saturated carbocycles. The van der Waals surface area contributed by atoms with Gasteiger partial charge < -0.3 is 0 Å². The monoisotopic (exact) mass is 332 g/mol. The minimum Gasteiger partial charge on any atom is -0.285 e. The minimum absolute atomic E-state index is 0.175. The highest BCUT2D eigenvalue weighted by atomic mass is 79.9. The number of H-pyrrole nitrogens is 1. The van der Waals surface area contributed by atoms with E-state index in [1.807, 2.05) is 0 Å². The van der Waals surface area contributed by atoms with Crippen LogP contribution in [0, 0.1) is 0 Å². The van der Waals surface area contributed by atoms with Crippen molar-refractivity contribution in [2.75, 3.05) is 0 Å². The van der Waals surface area contributed by atoms with Gasteiger partial charge in [0.05, 0.1) is 23.4 Å². The van der Waals surface area contributed by atoms with E-state index in [-0.39, 0.29) is 5.56 Å². The number of rotatable bonds is 2. The fourth-order valence-electron chi connectivity index (χ4n) is 1.09. The topological polar surface area (TPSA) is 63.6 Å². The lowest BCUT2D eigenvalue weighted by Gasteiger charge is -2.03. The minimum atomic E-state index is -0.175. The van der Waals surface area contributed by atoms with E-state index in [1.54, 1.807) is 18.6 Å². The van der Waals surface area contributed by atoms with Crippen LogP contribution in [0.4, 0.5) is 0 Å². The molecule has 5 nitrogen and oxygen atoms in total. The summed E-state index contributed by atoms with van der Waals surface area (Å²) in [5.41, 5.74) is 0.726. The van der Waals surface area contributed by atoms with Gasteiger partial charge in [-0.25, -0.2) is 4.68 Å². The molecule has 0 aliphatic heterocycles. The fourth-order valence-corrected chi connectivity index (χ4v) is 1.66. The van der Waals surface area contributed by atoms with Crippen LogP contribution < -0.4 is 5.56 Å². The molecule has 2 heterocycles. The smallest absolute Gasteiger partial charge is 0.282 e. The Morgan fingerprint density at radius 1 is 1.40 bits per heavy atom. The molecule has 0 atom stereocenters. The van der Waals surface area contributed by atoms with E-state index >= 15 is 0 Å². The molecule has 0 amide bonds.